The predicted molar refractivity (Wildman–Crippen MR) is 65.3 cm³/mol. The normalized spacial score (nSPS) is 15.1. The van der Waals surface area contributed by atoms with Crippen molar-refractivity contribution in [1.82, 2.24) is 10.3 Å². The Morgan fingerprint density at radius 1 is 1.38 bits per heavy atom. The smallest absolute Gasteiger partial charge is 0.139 e. The molecule has 0 radical (unpaired) electrons. The maximum absolute atomic E-state index is 6.14. The van der Waals surface area contributed by atoms with E-state index in [1.165, 1.54) is 16.6 Å². The Balaban J connectivity index is 2.27. The highest BCUT2D eigenvalue weighted by atomic mass is 35.5. The highest BCUT2D eigenvalue weighted by Crippen LogP contribution is 2.33. The van der Waals surface area contributed by atoms with Gasteiger partial charge in [0, 0.05) is 42.2 Å². The third-order valence-corrected chi connectivity index (χ3v) is 3.42. The van der Waals surface area contributed by atoms with E-state index in [1.54, 1.807) is 7.11 Å². The zero-order chi connectivity index (χ0) is 11.1. The zero-order valence-electron chi connectivity index (χ0n) is 9.06. The van der Waals surface area contributed by atoms with Gasteiger partial charge in [0.25, 0.3) is 0 Å². The van der Waals surface area contributed by atoms with Crippen molar-refractivity contribution in [3.8, 4) is 5.75 Å². The maximum Gasteiger partial charge on any atom is 0.139 e. The van der Waals surface area contributed by atoms with E-state index in [0.29, 0.717) is 5.02 Å². The molecule has 2 heterocycles. The standard InChI is InChI=1S/C12H13ClN2O/c1-16-12-5-11-7(4-9(12)13)8-6-14-3-2-10(8)15-11/h4-5,14-15H,2-3,6H2,1H3. The lowest BCUT2D eigenvalue weighted by Crippen LogP contribution is -2.22. The van der Waals surface area contributed by atoms with Crippen LogP contribution in [0.1, 0.15) is 11.3 Å². The number of fused-ring (bicyclic) bond motifs is 3. The molecule has 0 fully saturated rings. The lowest BCUT2D eigenvalue weighted by Gasteiger charge is -2.12. The van der Waals surface area contributed by atoms with E-state index in [2.05, 4.69) is 10.3 Å². The minimum Gasteiger partial charge on any atom is -0.495 e. The van der Waals surface area contributed by atoms with Crippen molar-refractivity contribution in [2.24, 2.45) is 0 Å². The fourth-order valence-electron chi connectivity index (χ4n) is 2.31. The van der Waals surface area contributed by atoms with Crippen LogP contribution in [-0.4, -0.2) is 18.6 Å². The molecule has 0 saturated heterocycles. The molecule has 3 rings (SSSR count). The van der Waals surface area contributed by atoms with Gasteiger partial charge >= 0.3 is 0 Å². The summed E-state index contributed by atoms with van der Waals surface area (Å²) in [7, 11) is 1.64. The van der Waals surface area contributed by atoms with Crippen LogP contribution in [0.25, 0.3) is 10.9 Å². The Kier molecular flexibility index (Phi) is 2.30. The van der Waals surface area contributed by atoms with Crippen molar-refractivity contribution in [3.63, 3.8) is 0 Å². The molecule has 0 aliphatic carbocycles. The second-order valence-corrected chi connectivity index (χ2v) is 4.45. The molecular weight excluding hydrogens is 224 g/mol. The predicted octanol–water partition coefficient (Wildman–Crippen LogP) is 2.48. The van der Waals surface area contributed by atoms with Gasteiger partial charge in [-0.1, -0.05) is 11.6 Å². The first kappa shape index (κ1) is 10.00. The van der Waals surface area contributed by atoms with Gasteiger partial charge in [0.1, 0.15) is 5.75 Å². The minimum atomic E-state index is 0.669. The third-order valence-electron chi connectivity index (χ3n) is 3.12. The van der Waals surface area contributed by atoms with Gasteiger partial charge in [-0.3, -0.25) is 0 Å². The average Bonchev–Trinajstić information content (AvgIpc) is 2.66. The third kappa shape index (κ3) is 1.39. The lowest BCUT2D eigenvalue weighted by atomic mass is 10.1. The molecular formula is C12H13ClN2O. The van der Waals surface area contributed by atoms with Crippen LogP contribution >= 0.6 is 11.6 Å². The Morgan fingerprint density at radius 3 is 3.06 bits per heavy atom. The summed E-state index contributed by atoms with van der Waals surface area (Å²) in [4.78, 5) is 3.44. The van der Waals surface area contributed by atoms with Gasteiger partial charge in [-0.05, 0) is 11.6 Å². The molecule has 0 saturated carbocycles. The van der Waals surface area contributed by atoms with Gasteiger partial charge in [-0.15, -0.1) is 0 Å². The maximum atomic E-state index is 6.14. The van der Waals surface area contributed by atoms with Crippen molar-refractivity contribution in [2.45, 2.75) is 13.0 Å². The summed E-state index contributed by atoms with van der Waals surface area (Å²) in [5.41, 5.74) is 3.76. The van der Waals surface area contributed by atoms with Gasteiger partial charge in [-0.2, -0.15) is 0 Å². The molecule has 0 unspecified atom stereocenters. The molecule has 3 nitrogen and oxygen atoms in total. The van der Waals surface area contributed by atoms with Crippen molar-refractivity contribution in [1.29, 1.82) is 0 Å². The molecule has 2 N–H and O–H groups in total. The summed E-state index contributed by atoms with van der Waals surface area (Å²) in [5, 5.41) is 5.24. The van der Waals surface area contributed by atoms with Crippen LogP contribution in [0.15, 0.2) is 12.1 Å². The average molecular weight is 237 g/mol. The lowest BCUT2D eigenvalue weighted by molar-refractivity contribution is 0.415. The molecule has 1 aliphatic heterocycles. The van der Waals surface area contributed by atoms with Crippen molar-refractivity contribution in [3.05, 3.63) is 28.4 Å². The fourth-order valence-corrected chi connectivity index (χ4v) is 2.55. The summed E-state index contributed by atoms with van der Waals surface area (Å²) >= 11 is 6.14. The quantitative estimate of drug-likeness (QED) is 0.798. The number of aromatic nitrogens is 1. The summed E-state index contributed by atoms with van der Waals surface area (Å²) in [6.07, 6.45) is 1.05. The molecule has 2 aromatic rings. The SMILES string of the molecule is COc1cc2[nH]c3c(c2cc1Cl)CNCC3. The van der Waals surface area contributed by atoms with E-state index in [0.717, 1.165) is 30.8 Å². The van der Waals surface area contributed by atoms with Crippen LogP contribution in [0.5, 0.6) is 5.75 Å². The second kappa shape index (κ2) is 3.68. The van der Waals surface area contributed by atoms with E-state index in [1.807, 2.05) is 12.1 Å². The molecule has 0 bridgehead atoms. The second-order valence-electron chi connectivity index (χ2n) is 4.04. The molecule has 1 aromatic carbocycles. The molecule has 84 valence electrons. The molecule has 0 atom stereocenters. The molecule has 1 aromatic heterocycles. The summed E-state index contributed by atoms with van der Waals surface area (Å²) in [6, 6.07) is 3.95. The fraction of sp³-hybridized carbons (Fsp3) is 0.333. The number of halogens is 1. The summed E-state index contributed by atoms with van der Waals surface area (Å²) < 4.78 is 5.22. The monoisotopic (exact) mass is 236 g/mol. The van der Waals surface area contributed by atoms with E-state index >= 15 is 0 Å². The highest BCUT2D eigenvalue weighted by molar-refractivity contribution is 6.32. The van der Waals surface area contributed by atoms with Crippen LogP contribution in [0, 0.1) is 0 Å². The number of nitrogens with one attached hydrogen (secondary N) is 2. The summed E-state index contributed by atoms with van der Waals surface area (Å²) in [5.74, 6) is 0.723. The van der Waals surface area contributed by atoms with Crippen LogP contribution in [0.3, 0.4) is 0 Å². The van der Waals surface area contributed by atoms with E-state index in [9.17, 15) is 0 Å². The Labute approximate surface area is 98.7 Å². The van der Waals surface area contributed by atoms with Gasteiger partial charge < -0.3 is 15.0 Å². The van der Waals surface area contributed by atoms with E-state index in [4.69, 9.17) is 16.3 Å². The van der Waals surface area contributed by atoms with Crippen molar-refractivity contribution in [2.75, 3.05) is 13.7 Å². The van der Waals surface area contributed by atoms with Crippen LogP contribution in [0.2, 0.25) is 5.02 Å². The van der Waals surface area contributed by atoms with E-state index in [-0.39, 0.29) is 0 Å². The van der Waals surface area contributed by atoms with Crippen LogP contribution in [-0.2, 0) is 13.0 Å². The van der Waals surface area contributed by atoms with Crippen molar-refractivity contribution >= 4 is 22.5 Å². The van der Waals surface area contributed by atoms with Crippen LogP contribution < -0.4 is 10.1 Å². The number of hydrogen-bond acceptors (Lipinski definition) is 2. The Bertz CT molecular complexity index is 547. The molecule has 4 heteroatoms. The number of benzene rings is 1. The number of aromatic amines is 1. The van der Waals surface area contributed by atoms with Gasteiger partial charge in [0.2, 0.25) is 0 Å². The Morgan fingerprint density at radius 2 is 2.25 bits per heavy atom. The minimum absolute atomic E-state index is 0.669. The van der Waals surface area contributed by atoms with E-state index < -0.39 is 0 Å². The number of ether oxygens (including phenoxy) is 1. The number of hydrogen-bond donors (Lipinski definition) is 2. The number of rotatable bonds is 1. The van der Waals surface area contributed by atoms with Gasteiger partial charge in [0.05, 0.1) is 12.1 Å². The highest BCUT2D eigenvalue weighted by Gasteiger charge is 2.16. The summed E-state index contributed by atoms with van der Waals surface area (Å²) in [6.45, 7) is 1.95. The van der Waals surface area contributed by atoms with Crippen molar-refractivity contribution < 1.29 is 4.74 Å². The number of H-pyrrole nitrogens is 1. The van der Waals surface area contributed by atoms with Gasteiger partial charge in [-0.25, -0.2) is 0 Å². The topological polar surface area (TPSA) is 37.0 Å². The zero-order valence-corrected chi connectivity index (χ0v) is 9.82. The Hall–Kier alpha value is -1.19. The number of methoxy groups -OCH3 is 1. The molecule has 16 heavy (non-hydrogen) atoms. The molecule has 0 amide bonds. The van der Waals surface area contributed by atoms with Gasteiger partial charge in [0.15, 0.2) is 0 Å². The first-order valence-corrected chi connectivity index (χ1v) is 5.75. The van der Waals surface area contributed by atoms with Crippen LogP contribution in [0.4, 0.5) is 0 Å². The first-order chi connectivity index (χ1) is 7.79. The molecule has 1 aliphatic rings. The first-order valence-electron chi connectivity index (χ1n) is 5.37. The molecule has 0 spiro atoms. The largest absolute Gasteiger partial charge is 0.495 e.